The van der Waals surface area contributed by atoms with Crippen LogP contribution < -0.4 is 9.80 Å². The van der Waals surface area contributed by atoms with Gasteiger partial charge in [-0.15, -0.1) is 0 Å². The van der Waals surface area contributed by atoms with Crippen LogP contribution in [-0.2, 0) is 10.8 Å². The van der Waals surface area contributed by atoms with E-state index in [1.165, 1.54) is 95.0 Å². The van der Waals surface area contributed by atoms with Gasteiger partial charge in [0.25, 0.3) is 0 Å². The summed E-state index contributed by atoms with van der Waals surface area (Å²) >= 11 is 0. The molecule has 0 saturated heterocycles. The second kappa shape index (κ2) is 14.7. The van der Waals surface area contributed by atoms with Crippen molar-refractivity contribution in [3.8, 4) is 44.5 Å². The zero-order valence-corrected chi connectivity index (χ0v) is 37.0. The molecule has 1 heterocycles. The Kier molecular flexibility index (Phi) is 8.51. The highest BCUT2D eigenvalue weighted by molar-refractivity contribution is 6.03. The Morgan fingerprint density at radius 3 is 1.56 bits per heavy atom. The predicted molar refractivity (Wildman–Crippen MR) is 275 cm³/mol. The van der Waals surface area contributed by atoms with Crippen LogP contribution in [0.5, 0.6) is 0 Å². The van der Waals surface area contributed by atoms with Crippen LogP contribution in [0.3, 0.4) is 0 Å². The molecule has 1 spiro atoms. The van der Waals surface area contributed by atoms with E-state index in [4.69, 9.17) is 0 Å². The van der Waals surface area contributed by atoms with E-state index in [2.05, 4.69) is 266 Å². The van der Waals surface area contributed by atoms with Gasteiger partial charge in [0.05, 0.1) is 28.2 Å². The second-order valence-corrected chi connectivity index (χ2v) is 18.4. The molecule has 66 heavy (non-hydrogen) atoms. The Bertz CT molecular complexity index is 3480. The van der Waals surface area contributed by atoms with E-state index in [-0.39, 0.29) is 5.41 Å². The molecule has 0 atom stereocenters. The topological polar surface area (TPSA) is 6.48 Å². The lowest BCUT2D eigenvalue weighted by molar-refractivity contribution is 0.660. The molecule has 0 radical (unpaired) electrons. The first-order chi connectivity index (χ1) is 32.5. The SMILES string of the molecule is CC1(C)c2ccccc2-c2c(N(c3cccc(-c4ccccc4)c3)c3ccccc3-c3cccc4c3C3(c5ccccc5-4)c4ccccc4N(c4ccccc4)c4ccccc43)cccc21. The van der Waals surface area contributed by atoms with Crippen LogP contribution in [0.4, 0.5) is 34.1 Å². The summed E-state index contributed by atoms with van der Waals surface area (Å²) in [6.07, 6.45) is 0. The largest absolute Gasteiger partial charge is 0.310 e. The molecule has 10 aromatic carbocycles. The Balaban J connectivity index is 1.12. The number of anilines is 6. The number of rotatable bonds is 6. The molecule has 0 bridgehead atoms. The standard InChI is InChI=1S/C64H46N2/c1-63(2)52-33-12-10-30-51(52)61-56(63)37-21-41-60(61)66(46-27-19-24-44(42-46)43-22-5-3-6-23-43)57-38-16-11-29-48(57)50-32-20-31-49-47-28-9-13-34-53(47)64(62(49)50)54-35-14-17-39-58(54)65(45-25-7-4-8-26-45)59-40-18-15-36-55(59)64/h3-42H,1-2H3. The van der Waals surface area contributed by atoms with E-state index >= 15 is 0 Å². The number of hydrogen-bond donors (Lipinski definition) is 0. The van der Waals surface area contributed by atoms with Crippen molar-refractivity contribution in [2.45, 2.75) is 24.7 Å². The van der Waals surface area contributed by atoms with Gasteiger partial charge in [-0.25, -0.2) is 0 Å². The minimum Gasteiger partial charge on any atom is -0.310 e. The van der Waals surface area contributed by atoms with E-state index in [1.807, 2.05) is 0 Å². The van der Waals surface area contributed by atoms with Crippen molar-refractivity contribution < 1.29 is 0 Å². The van der Waals surface area contributed by atoms with Gasteiger partial charge < -0.3 is 9.80 Å². The van der Waals surface area contributed by atoms with Crippen molar-refractivity contribution in [3.63, 3.8) is 0 Å². The molecule has 0 saturated carbocycles. The fourth-order valence-electron chi connectivity index (χ4n) is 11.9. The molecule has 0 aromatic heterocycles. The van der Waals surface area contributed by atoms with E-state index in [9.17, 15) is 0 Å². The van der Waals surface area contributed by atoms with Gasteiger partial charge in [-0.05, 0) is 115 Å². The quantitative estimate of drug-likeness (QED) is 0.165. The number of benzene rings is 10. The van der Waals surface area contributed by atoms with E-state index in [0.717, 1.165) is 17.1 Å². The fraction of sp³-hybridized carbons (Fsp3) is 0.0625. The molecular formula is C64H46N2. The maximum Gasteiger partial charge on any atom is 0.0760 e. The molecule has 3 aliphatic rings. The minimum absolute atomic E-state index is 0.160. The lowest BCUT2D eigenvalue weighted by Gasteiger charge is -2.45. The van der Waals surface area contributed by atoms with Gasteiger partial charge in [0.2, 0.25) is 0 Å². The Labute approximate surface area is 387 Å². The summed E-state index contributed by atoms with van der Waals surface area (Å²) < 4.78 is 0. The van der Waals surface area contributed by atoms with Gasteiger partial charge in [0.15, 0.2) is 0 Å². The highest BCUT2D eigenvalue weighted by Gasteiger charge is 2.53. The average molecular weight is 843 g/mol. The van der Waals surface area contributed by atoms with Gasteiger partial charge in [0, 0.05) is 27.9 Å². The van der Waals surface area contributed by atoms with Crippen LogP contribution in [0, 0.1) is 0 Å². The van der Waals surface area contributed by atoms with Crippen molar-refractivity contribution in [1.82, 2.24) is 0 Å². The molecule has 2 aliphatic carbocycles. The summed E-state index contributed by atoms with van der Waals surface area (Å²) in [6.45, 7) is 4.75. The molecule has 0 fully saturated rings. The lowest BCUT2D eigenvalue weighted by Crippen LogP contribution is -2.36. The smallest absolute Gasteiger partial charge is 0.0760 e. The zero-order chi connectivity index (χ0) is 44.0. The van der Waals surface area contributed by atoms with Crippen molar-refractivity contribution in [2.75, 3.05) is 9.80 Å². The summed E-state index contributed by atoms with van der Waals surface area (Å²) in [5, 5.41) is 0. The average Bonchev–Trinajstić information content (AvgIpc) is 3.81. The minimum atomic E-state index is -0.622. The summed E-state index contributed by atoms with van der Waals surface area (Å²) in [4.78, 5) is 5.01. The summed E-state index contributed by atoms with van der Waals surface area (Å²) in [7, 11) is 0. The Morgan fingerprint density at radius 2 is 0.833 bits per heavy atom. The molecule has 0 N–H and O–H groups in total. The summed E-state index contributed by atoms with van der Waals surface area (Å²) in [5.74, 6) is 0. The maximum atomic E-state index is 2.55. The molecule has 2 nitrogen and oxygen atoms in total. The number of fused-ring (bicyclic) bond motifs is 12. The monoisotopic (exact) mass is 842 g/mol. The van der Waals surface area contributed by atoms with Gasteiger partial charge >= 0.3 is 0 Å². The number of hydrogen-bond acceptors (Lipinski definition) is 2. The fourth-order valence-corrected chi connectivity index (χ4v) is 11.9. The van der Waals surface area contributed by atoms with Crippen LogP contribution in [0.25, 0.3) is 44.5 Å². The first kappa shape index (κ1) is 38.3. The van der Waals surface area contributed by atoms with Crippen LogP contribution in [0.15, 0.2) is 243 Å². The molecule has 0 unspecified atom stereocenters. The van der Waals surface area contributed by atoms with E-state index in [1.54, 1.807) is 0 Å². The third-order valence-electron chi connectivity index (χ3n) is 14.6. The third kappa shape index (κ3) is 5.36. The van der Waals surface area contributed by atoms with Gasteiger partial charge in [-0.1, -0.05) is 208 Å². The third-order valence-corrected chi connectivity index (χ3v) is 14.6. The predicted octanol–water partition coefficient (Wildman–Crippen LogP) is 16.9. The van der Waals surface area contributed by atoms with Crippen LogP contribution in [0.2, 0.25) is 0 Å². The van der Waals surface area contributed by atoms with Gasteiger partial charge in [-0.3, -0.25) is 0 Å². The van der Waals surface area contributed by atoms with E-state index < -0.39 is 5.41 Å². The molecule has 13 rings (SSSR count). The summed E-state index contributed by atoms with van der Waals surface area (Å²) in [6, 6.07) is 90.2. The lowest BCUT2D eigenvalue weighted by atomic mass is 9.63. The highest BCUT2D eigenvalue weighted by Crippen LogP contribution is 2.65. The number of para-hydroxylation sites is 4. The van der Waals surface area contributed by atoms with Crippen molar-refractivity contribution in [2.24, 2.45) is 0 Å². The van der Waals surface area contributed by atoms with Gasteiger partial charge in [0.1, 0.15) is 0 Å². The molecule has 2 heteroatoms. The molecule has 10 aromatic rings. The molecule has 1 aliphatic heterocycles. The van der Waals surface area contributed by atoms with Crippen molar-refractivity contribution >= 4 is 34.1 Å². The van der Waals surface area contributed by atoms with Crippen molar-refractivity contribution in [1.29, 1.82) is 0 Å². The molecule has 312 valence electrons. The van der Waals surface area contributed by atoms with Gasteiger partial charge in [-0.2, -0.15) is 0 Å². The van der Waals surface area contributed by atoms with Crippen LogP contribution in [0.1, 0.15) is 47.2 Å². The summed E-state index contributed by atoms with van der Waals surface area (Å²) in [5.41, 5.74) is 23.9. The first-order valence-corrected chi connectivity index (χ1v) is 23.1. The zero-order valence-electron chi connectivity index (χ0n) is 37.0. The normalized spacial score (nSPS) is 14.1. The highest BCUT2D eigenvalue weighted by atomic mass is 15.2. The first-order valence-electron chi connectivity index (χ1n) is 23.1. The number of nitrogens with zero attached hydrogens (tertiary/aromatic N) is 2. The van der Waals surface area contributed by atoms with Crippen LogP contribution in [-0.4, -0.2) is 0 Å². The van der Waals surface area contributed by atoms with E-state index in [0.29, 0.717) is 0 Å². The Hall–Kier alpha value is -8.20. The van der Waals surface area contributed by atoms with Crippen LogP contribution >= 0.6 is 0 Å². The molecular weight excluding hydrogens is 797 g/mol. The van der Waals surface area contributed by atoms with Crippen molar-refractivity contribution in [3.05, 3.63) is 276 Å². The second-order valence-electron chi connectivity index (χ2n) is 18.4. The maximum absolute atomic E-state index is 2.55. The molecule has 0 amide bonds. The Morgan fingerprint density at radius 1 is 0.348 bits per heavy atom.